The van der Waals surface area contributed by atoms with Gasteiger partial charge < -0.3 is 10.1 Å². The van der Waals surface area contributed by atoms with Gasteiger partial charge in [-0.2, -0.15) is 18.3 Å². The maximum Gasteiger partial charge on any atom is 0.404 e. The Morgan fingerprint density at radius 2 is 1.79 bits per heavy atom. The summed E-state index contributed by atoms with van der Waals surface area (Å²) in [5.41, 5.74) is -1.14. The minimum absolute atomic E-state index is 0.0266. The molecule has 1 aliphatic heterocycles. The van der Waals surface area contributed by atoms with E-state index in [9.17, 15) is 31.5 Å². The van der Waals surface area contributed by atoms with Gasteiger partial charge in [0.1, 0.15) is 17.4 Å². The van der Waals surface area contributed by atoms with Gasteiger partial charge in [0.2, 0.25) is 11.8 Å². The molecule has 2 N–H and O–H groups in total. The zero-order valence-electron chi connectivity index (χ0n) is 23.8. The van der Waals surface area contributed by atoms with Crippen LogP contribution in [0.1, 0.15) is 62.9 Å². The summed E-state index contributed by atoms with van der Waals surface area (Å²) in [6, 6.07) is 0.671. The van der Waals surface area contributed by atoms with Crippen LogP contribution < -0.4 is 10.1 Å². The number of methoxy groups -OCH3 is 1. The number of rotatable bonds is 8. The number of H-pyrrole nitrogens is 1. The molecule has 13 heteroatoms. The largest absolute Gasteiger partial charge is 0.481 e. The Labute approximate surface area is 240 Å². The SMILES string of the molecule is COc1cc(-c2cc(C(=O)C3[C@@H]4CC[C@H]3CC(C(=O)N[C@H]3CC[C@H](C(F)(F)F)N(CC(C)(C)F)C3)C4)[nH]n2)c(F)cn1. The van der Waals surface area contributed by atoms with E-state index in [1.165, 1.54) is 33.1 Å². The van der Waals surface area contributed by atoms with E-state index < -0.39 is 29.7 Å². The van der Waals surface area contributed by atoms with Gasteiger partial charge in [0, 0.05) is 42.6 Å². The van der Waals surface area contributed by atoms with Gasteiger partial charge >= 0.3 is 6.18 Å². The summed E-state index contributed by atoms with van der Waals surface area (Å²) in [6.45, 7) is 2.04. The highest BCUT2D eigenvalue weighted by atomic mass is 19.4. The Kier molecular flexibility index (Phi) is 8.34. The van der Waals surface area contributed by atoms with Gasteiger partial charge in [0.25, 0.3) is 0 Å². The number of amides is 1. The topological polar surface area (TPSA) is 100 Å². The third kappa shape index (κ3) is 6.45. The molecular weight excluding hydrogens is 561 g/mol. The van der Waals surface area contributed by atoms with E-state index in [4.69, 9.17) is 4.74 Å². The molecule has 0 radical (unpaired) electrons. The lowest BCUT2D eigenvalue weighted by molar-refractivity contribution is -0.196. The number of pyridine rings is 1. The van der Waals surface area contributed by atoms with Gasteiger partial charge in [0.15, 0.2) is 11.6 Å². The van der Waals surface area contributed by atoms with Crippen molar-refractivity contribution in [2.75, 3.05) is 20.2 Å². The van der Waals surface area contributed by atoms with E-state index >= 15 is 0 Å². The Morgan fingerprint density at radius 1 is 1.10 bits per heavy atom. The van der Waals surface area contributed by atoms with Crippen LogP contribution in [0.3, 0.4) is 0 Å². The zero-order valence-corrected chi connectivity index (χ0v) is 23.8. The fourth-order valence-corrected chi connectivity index (χ4v) is 7.17. The monoisotopic (exact) mass is 597 g/mol. The van der Waals surface area contributed by atoms with Crippen LogP contribution >= 0.6 is 0 Å². The third-order valence-corrected chi connectivity index (χ3v) is 8.92. The molecule has 5 rings (SSSR count). The zero-order chi connectivity index (χ0) is 30.4. The van der Waals surface area contributed by atoms with Gasteiger partial charge in [0.05, 0.1) is 19.0 Å². The third-order valence-electron chi connectivity index (χ3n) is 8.92. The first-order chi connectivity index (χ1) is 19.7. The highest BCUT2D eigenvalue weighted by molar-refractivity contribution is 5.98. The number of aromatic amines is 1. The van der Waals surface area contributed by atoms with Crippen LogP contribution in [0.15, 0.2) is 18.3 Å². The first kappa shape index (κ1) is 30.4. The number of piperidine rings is 1. The number of ether oxygens (including phenoxy) is 1. The number of hydrogen-bond acceptors (Lipinski definition) is 6. The maximum atomic E-state index is 14.4. The van der Waals surface area contributed by atoms with E-state index in [1.54, 1.807) is 0 Å². The van der Waals surface area contributed by atoms with Gasteiger partial charge in [-0.15, -0.1) is 0 Å². The summed E-state index contributed by atoms with van der Waals surface area (Å²) < 4.78 is 74.5. The molecular formula is C29H36F5N5O3. The highest BCUT2D eigenvalue weighted by Gasteiger charge is 2.50. The summed E-state index contributed by atoms with van der Waals surface area (Å²) in [7, 11) is 1.41. The van der Waals surface area contributed by atoms with Crippen LogP contribution in [0.5, 0.6) is 5.88 Å². The molecule has 2 saturated carbocycles. The van der Waals surface area contributed by atoms with Crippen LogP contribution in [0.25, 0.3) is 11.3 Å². The van der Waals surface area contributed by atoms with Crippen LogP contribution in [0, 0.1) is 29.5 Å². The van der Waals surface area contributed by atoms with Gasteiger partial charge in [-0.1, -0.05) is 0 Å². The van der Waals surface area contributed by atoms with Crippen LogP contribution in [-0.2, 0) is 4.79 Å². The number of halogens is 5. The molecule has 0 aromatic carbocycles. The van der Waals surface area contributed by atoms with E-state index in [0.717, 1.165) is 23.9 Å². The van der Waals surface area contributed by atoms with E-state index in [2.05, 4.69) is 20.5 Å². The van der Waals surface area contributed by atoms with Crippen molar-refractivity contribution in [3.8, 4) is 17.1 Å². The highest BCUT2D eigenvalue weighted by Crippen LogP contribution is 2.50. The summed E-state index contributed by atoms with van der Waals surface area (Å²) in [5, 5.41) is 9.81. The fraction of sp³-hybridized carbons (Fsp3) is 0.655. The predicted octanol–water partition coefficient (Wildman–Crippen LogP) is 5.11. The van der Waals surface area contributed by atoms with Gasteiger partial charge in [-0.25, -0.2) is 13.8 Å². The number of hydrogen-bond donors (Lipinski definition) is 2. The Hall–Kier alpha value is -3.09. The van der Waals surface area contributed by atoms with E-state index in [0.29, 0.717) is 12.8 Å². The average Bonchev–Trinajstić information content (AvgIpc) is 3.49. The number of likely N-dealkylation sites (tertiary alicyclic amines) is 1. The molecule has 3 fully saturated rings. The van der Waals surface area contributed by atoms with Crippen molar-refractivity contribution in [1.82, 2.24) is 25.4 Å². The number of carbonyl (C=O) groups is 2. The molecule has 8 nitrogen and oxygen atoms in total. The minimum Gasteiger partial charge on any atom is -0.481 e. The molecule has 42 heavy (non-hydrogen) atoms. The van der Waals surface area contributed by atoms with Crippen LogP contribution in [0.4, 0.5) is 22.0 Å². The van der Waals surface area contributed by atoms with Gasteiger partial charge in [-0.05, 0) is 70.3 Å². The van der Waals surface area contributed by atoms with E-state index in [-0.39, 0.29) is 84.1 Å². The average molecular weight is 598 g/mol. The quantitative estimate of drug-likeness (QED) is 0.324. The predicted molar refractivity (Wildman–Crippen MR) is 143 cm³/mol. The molecule has 3 heterocycles. The molecule has 6 atom stereocenters. The van der Waals surface area contributed by atoms with Gasteiger partial charge in [-0.3, -0.25) is 19.6 Å². The molecule has 3 aliphatic rings. The van der Waals surface area contributed by atoms with Crippen LogP contribution in [-0.4, -0.2) is 75.9 Å². The second kappa shape index (κ2) is 11.5. The molecule has 2 aromatic rings. The number of aromatic nitrogens is 3. The summed E-state index contributed by atoms with van der Waals surface area (Å²) in [4.78, 5) is 31.7. The van der Waals surface area contributed by atoms with Crippen LogP contribution in [0.2, 0.25) is 0 Å². The Balaban J connectivity index is 1.22. The van der Waals surface area contributed by atoms with Crippen molar-refractivity contribution in [3.05, 3.63) is 29.8 Å². The molecule has 230 valence electrons. The molecule has 2 bridgehead atoms. The lowest BCUT2D eigenvalue weighted by Crippen LogP contribution is -2.59. The number of Topliss-reactive ketones (excluding diaryl/α,β-unsaturated/α-hetero) is 1. The van der Waals surface area contributed by atoms with Crippen molar-refractivity contribution >= 4 is 11.7 Å². The van der Waals surface area contributed by atoms with Crippen molar-refractivity contribution < 1.29 is 36.3 Å². The summed E-state index contributed by atoms with van der Waals surface area (Å²) in [6.07, 6.45) is -0.928. The molecule has 2 aliphatic carbocycles. The number of nitrogens with one attached hydrogen (secondary N) is 2. The molecule has 2 aromatic heterocycles. The number of carbonyl (C=O) groups excluding carboxylic acids is 2. The fourth-order valence-electron chi connectivity index (χ4n) is 7.17. The molecule has 2 unspecified atom stereocenters. The first-order valence-corrected chi connectivity index (χ1v) is 14.3. The van der Waals surface area contributed by atoms with Crippen molar-refractivity contribution in [3.63, 3.8) is 0 Å². The second-order valence-corrected chi connectivity index (χ2v) is 12.5. The minimum atomic E-state index is -4.47. The molecule has 0 spiro atoms. The lowest BCUT2D eigenvalue weighted by Gasteiger charge is -2.42. The lowest BCUT2D eigenvalue weighted by atomic mass is 9.70. The van der Waals surface area contributed by atoms with Crippen molar-refractivity contribution in [2.24, 2.45) is 23.7 Å². The first-order valence-electron chi connectivity index (χ1n) is 14.3. The number of nitrogens with zero attached hydrogens (tertiary/aromatic N) is 3. The number of alkyl halides is 4. The Bertz CT molecular complexity index is 1300. The van der Waals surface area contributed by atoms with E-state index in [1.807, 2.05) is 0 Å². The normalized spacial score (nSPS) is 28.5. The standard InChI is InChI=1S/C29H36F5N5O3/c1-28(2,31)14-39-13-18(6-7-23(39)29(32,33)34)36-27(41)17-8-15-4-5-16(9-17)25(15)26(40)22-11-21(37-38-22)19-10-24(42-3)35-12-20(19)30/h10-12,15-18,23,25H,4-9,13-14H2,1-3H3,(H,36,41)(H,37,38)/t15-,16+,17?,18-,23+,25?/m0/s1. The smallest absolute Gasteiger partial charge is 0.404 e. The van der Waals surface area contributed by atoms with Crippen molar-refractivity contribution in [2.45, 2.75) is 76.3 Å². The second-order valence-electron chi connectivity index (χ2n) is 12.5. The molecule has 1 saturated heterocycles. The summed E-state index contributed by atoms with van der Waals surface area (Å²) in [5.74, 6) is -1.45. The molecule has 1 amide bonds. The number of fused-ring (bicyclic) bond motifs is 2. The Morgan fingerprint density at radius 3 is 2.40 bits per heavy atom. The summed E-state index contributed by atoms with van der Waals surface area (Å²) >= 11 is 0. The maximum absolute atomic E-state index is 14.4. The number of ketones is 1. The van der Waals surface area contributed by atoms with Crippen molar-refractivity contribution in [1.29, 1.82) is 0 Å².